The molecule has 5 rings (SSSR count). The van der Waals surface area contributed by atoms with Gasteiger partial charge in [-0.1, -0.05) is 23.7 Å². The SMILES string of the molecule is Cc1cccc(N2CCN(C(=O)c3cccn4c(=O)c5ccc(Cl)cc5nc34)CC2)c1C. The first-order chi connectivity index (χ1) is 15.4. The number of carbonyl (C=O) groups is 1. The smallest absolute Gasteiger partial charge is 0.265 e. The standard InChI is InChI=1S/C25H23ClN4O2/c1-16-5-3-7-22(17(16)2)28-11-13-29(14-12-28)24(31)20-6-4-10-30-23(20)27-21-15-18(26)8-9-19(21)25(30)32/h3-10,15H,11-14H2,1-2H3. The third-order valence-electron chi connectivity index (χ3n) is 6.32. The van der Waals surface area contributed by atoms with E-state index in [1.807, 2.05) is 4.90 Å². The van der Waals surface area contributed by atoms with Crippen molar-refractivity contribution in [3.63, 3.8) is 0 Å². The summed E-state index contributed by atoms with van der Waals surface area (Å²) in [4.78, 5) is 35.2. The summed E-state index contributed by atoms with van der Waals surface area (Å²) in [6.07, 6.45) is 1.65. The summed E-state index contributed by atoms with van der Waals surface area (Å²) in [5.74, 6) is -0.114. The molecule has 3 heterocycles. The van der Waals surface area contributed by atoms with Gasteiger partial charge in [-0.15, -0.1) is 0 Å². The Balaban J connectivity index is 1.46. The molecule has 0 radical (unpaired) electrons. The van der Waals surface area contributed by atoms with E-state index in [4.69, 9.17) is 11.6 Å². The molecule has 162 valence electrons. The zero-order chi connectivity index (χ0) is 22.4. The minimum absolute atomic E-state index is 0.114. The molecule has 0 atom stereocenters. The number of aryl methyl sites for hydroxylation is 1. The number of hydrogen-bond acceptors (Lipinski definition) is 4. The fraction of sp³-hybridized carbons (Fsp3) is 0.240. The van der Waals surface area contributed by atoms with Crippen LogP contribution >= 0.6 is 11.6 Å². The highest BCUT2D eigenvalue weighted by Crippen LogP contribution is 2.25. The second-order valence-electron chi connectivity index (χ2n) is 8.19. The number of amides is 1. The number of aromatic nitrogens is 2. The molecular formula is C25H23ClN4O2. The number of piperazine rings is 1. The molecule has 1 aliphatic heterocycles. The molecule has 0 saturated carbocycles. The van der Waals surface area contributed by atoms with Crippen LogP contribution in [-0.2, 0) is 0 Å². The maximum Gasteiger partial charge on any atom is 0.265 e. The molecule has 2 aromatic carbocycles. The van der Waals surface area contributed by atoms with Gasteiger partial charge in [0, 0.05) is 43.1 Å². The molecule has 0 N–H and O–H groups in total. The summed E-state index contributed by atoms with van der Waals surface area (Å²) >= 11 is 6.10. The van der Waals surface area contributed by atoms with Crippen molar-refractivity contribution < 1.29 is 4.79 Å². The fourth-order valence-electron chi connectivity index (χ4n) is 4.37. The number of carbonyl (C=O) groups excluding carboxylic acids is 1. The van der Waals surface area contributed by atoms with Crippen LogP contribution in [0, 0.1) is 13.8 Å². The van der Waals surface area contributed by atoms with Crippen LogP contribution < -0.4 is 10.5 Å². The van der Waals surface area contributed by atoms with Gasteiger partial charge in [0.2, 0.25) is 0 Å². The first-order valence-corrected chi connectivity index (χ1v) is 11.0. The maximum absolute atomic E-state index is 13.4. The highest BCUT2D eigenvalue weighted by Gasteiger charge is 2.25. The average molecular weight is 447 g/mol. The summed E-state index contributed by atoms with van der Waals surface area (Å²) in [6, 6.07) is 14.8. The maximum atomic E-state index is 13.4. The normalized spacial score (nSPS) is 14.3. The van der Waals surface area contributed by atoms with Crippen molar-refractivity contribution in [2.75, 3.05) is 31.1 Å². The number of benzene rings is 2. The van der Waals surface area contributed by atoms with E-state index in [0.29, 0.717) is 40.2 Å². The van der Waals surface area contributed by atoms with E-state index in [2.05, 4.69) is 41.9 Å². The van der Waals surface area contributed by atoms with E-state index in [-0.39, 0.29) is 11.5 Å². The molecule has 6 nitrogen and oxygen atoms in total. The lowest BCUT2D eigenvalue weighted by Gasteiger charge is -2.37. The average Bonchev–Trinajstić information content (AvgIpc) is 2.80. The predicted molar refractivity (Wildman–Crippen MR) is 128 cm³/mol. The zero-order valence-electron chi connectivity index (χ0n) is 18.0. The fourth-order valence-corrected chi connectivity index (χ4v) is 4.53. The number of rotatable bonds is 2. The number of hydrogen-bond donors (Lipinski definition) is 0. The Morgan fingerprint density at radius 2 is 1.78 bits per heavy atom. The number of anilines is 1. The second kappa shape index (κ2) is 7.95. The predicted octanol–water partition coefficient (Wildman–Crippen LogP) is 4.08. The molecule has 0 spiro atoms. The molecule has 1 amide bonds. The van der Waals surface area contributed by atoms with Crippen molar-refractivity contribution in [1.82, 2.24) is 14.3 Å². The second-order valence-corrected chi connectivity index (χ2v) is 8.63. The number of halogens is 1. The first kappa shape index (κ1) is 20.5. The molecule has 7 heteroatoms. The van der Waals surface area contributed by atoms with Crippen molar-refractivity contribution in [1.29, 1.82) is 0 Å². The van der Waals surface area contributed by atoms with Gasteiger partial charge in [0.15, 0.2) is 5.65 Å². The Labute approximate surface area is 190 Å². The minimum atomic E-state index is -0.212. The van der Waals surface area contributed by atoms with Gasteiger partial charge in [-0.2, -0.15) is 0 Å². The van der Waals surface area contributed by atoms with E-state index >= 15 is 0 Å². The van der Waals surface area contributed by atoms with E-state index < -0.39 is 0 Å². The third kappa shape index (κ3) is 3.41. The lowest BCUT2D eigenvalue weighted by atomic mass is 10.1. The van der Waals surface area contributed by atoms with Gasteiger partial charge in [-0.3, -0.25) is 14.0 Å². The Morgan fingerprint density at radius 3 is 2.56 bits per heavy atom. The van der Waals surface area contributed by atoms with Gasteiger partial charge >= 0.3 is 0 Å². The molecular weight excluding hydrogens is 424 g/mol. The van der Waals surface area contributed by atoms with Crippen LogP contribution in [-0.4, -0.2) is 46.4 Å². The molecule has 32 heavy (non-hydrogen) atoms. The van der Waals surface area contributed by atoms with Gasteiger partial charge < -0.3 is 9.80 Å². The first-order valence-electron chi connectivity index (χ1n) is 10.6. The molecule has 1 saturated heterocycles. The van der Waals surface area contributed by atoms with Crippen LogP contribution in [0.4, 0.5) is 5.69 Å². The van der Waals surface area contributed by atoms with Crippen LogP contribution in [0.5, 0.6) is 0 Å². The van der Waals surface area contributed by atoms with Crippen LogP contribution in [0.1, 0.15) is 21.5 Å². The topological polar surface area (TPSA) is 57.9 Å². The molecule has 0 bridgehead atoms. The molecule has 2 aromatic heterocycles. The van der Waals surface area contributed by atoms with E-state index in [0.717, 1.165) is 13.1 Å². The summed E-state index contributed by atoms with van der Waals surface area (Å²) in [5, 5.41) is 0.971. The highest BCUT2D eigenvalue weighted by molar-refractivity contribution is 6.31. The van der Waals surface area contributed by atoms with Crippen molar-refractivity contribution in [2.45, 2.75) is 13.8 Å². The quantitative estimate of drug-likeness (QED) is 0.435. The molecule has 0 aliphatic carbocycles. The van der Waals surface area contributed by atoms with Crippen molar-refractivity contribution in [2.24, 2.45) is 0 Å². The van der Waals surface area contributed by atoms with Crippen LogP contribution in [0.3, 0.4) is 0 Å². The lowest BCUT2D eigenvalue weighted by molar-refractivity contribution is 0.0748. The zero-order valence-corrected chi connectivity index (χ0v) is 18.8. The minimum Gasteiger partial charge on any atom is -0.368 e. The molecule has 1 aliphatic rings. The third-order valence-corrected chi connectivity index (χ3v) is 6.55. The Kier molecular flexibility index (Phi) is 5.10. The van der Waals surface area contributed by atoms with Gasteiger partial charge in [0.05, 0.1) is 16.5 Å². The molecule has 0 unspecified atom stereocenters. The van der Waals surface area contributed by atoms with Crippen LogP contribution in [0.2, 0.25) is 5.02 Å². The largest absolute Gasteiger partial charge is 0.368 e. The Morgan fingerprint density at radius 1 is 1.00 bits per heavy atom. The van der Waals surface area contributed by atoms with E-state index in [9.17, 15) is 9.59 Å². The lowest BCUT2D eigenvalue weighted by Crippen LogP contribution is -2.49. The summed E-state index contributed by atoms with van der Waals surface area (Å²) in [7, 11) is 0. The van der Waals surface area contributed by atoms with Crippen molar-refractivity contribution in [3.8, 4) is 0 Å². The number of pyridine rings is 1. The van der Waals surface area contributed by atoms with Crippen molar-refractivity contribution in [3.05, 3.63) is 86.8 Å². The van der Waals surface area contributed by atoms with Gasteiger partial charge in [0.1, 0.15) is 0 Å². The van der Waals surface area contributed by atoms with Gasteiger partial charge in [0.25, 0.3) is 11.5 Å². The summed E-state index contributed by atoms with van der Waals surface area (Å²) in [5.41, 5.74) is 4.81. The van der Waals surface area contributed by atoms with E-state index in [1.165, 1.54) is 21.2 Å². The summed E-state index contributed by atoms with van der Waals surface area (Å²) < 4.78 is 1.44. The number of fused-ring (bicyclic) bond motifs is 2. The van der Waals surface area contributed by atoms with Gasteiger partial charge in [-0.05, 0) is 61.4 Å². The Bertz CT molecular complexity index is 1420. The van der Waals surface area contributed by atoms with Crippen LogP contribution in [0.25, 0.3) is 16.6 Å². The molecule has 4 aromatic rings. The Hall–Kier alpha value is -3.38. The summed E-state index contributed by atoms with van der Waals surface area (Å²) in [6.45, 7) is 6.98. The van der Waals surface area contributed by atoms with Crippen molar-refractivity contribution >= 4 is 39.7 Å². The van der Waals surface area contributed by atoms with Gasteiger partial charge in [-0.25, -0.2) is 4.98 Å². The highest BCUT2D eigenvalue weighted by atomic mass is 35.5. The monoisotopic (exact) mass is 446 g/mol. The van der Waals surface area contributed by atoms with Crippen LogP contribution in [0.15, 0.2) is 59.5 Å². The molecule has 1 fully saturated rings. The number of nitrogens with zero attached hydrogens (tertiary/aromatic N) is 4. The van der Waals surface area contributed by atoms with E-state index in [1.54, 1.807) is 36.5 Å².